The minimum absolute atomic E-state index is 0.673. The van der Waals surface area contributed by atoms with Gasteiger partial charge in [0.2, 0.25) is 6.41 Å². The van der Waals surface area contributed by atoms with E-state index >= 15 is 0 Å². The van der Waals surface area contributed by atoms with Crippen LogP contribution < -0.4 is 5.32 Å². The molecule has 60 valence electrons. The van der Waals surface area contributed by atoms with Gasteiger partial charge >= 0.3 is 0 Å². The molecule has 3 nitrogen and oxygen atoms in total. The van der Waals surface area contributed by atoms with Gasteiger partial charge in [0.15, 0.2) is 0 Å². The molecule has 0 saturated carbocycles. The molecule has 1 aromatic heterocycles. The molecule has 0 aliphatic rings. The first-order valence-electron chi connectivity index (χ1n) is 3.41. The van der Waals surface area contributed by atoms with E-state index in [1.165, 1.54) is 0 Å². The summed E-state index contributed by atoms with van der Waals surface area (Å²) in [5.41, 5.74) is 1.06. The second kappa shape index (κ2) is 4.08. The van der Waals surface area contributed by atoms with Crippen LogP contribution >= 0.6 is 11.3 Å². The molecule has 1 aromatic rings. The third-order valence-electron chi connectivity index (χ3n) is 1.28. The van der Waals surface area contributed by atoms with E-state index in [4.69, 9.17) is 0 Å². The lowest BCUT2D eigenvalue weighted by molar-refractivity contribution is -0.109. The maximum Gasteiger partial charge on any atom is 0.207 e. The minimum atomic E-state index is 0.673. The Hall–Kier alpha value is -0.900. The Morgan fingerprint density at radius 3 is 3.18 bits per heavy atom. The third kappa shape index (κ3) is 2.67. The summed E-state index contributed by atoms with van der Waals surface area (Å²) < 4.78 is 0. The molecule has 0 fully saturated rings. The van der Waals surface area contributed by atoms with Crippen molar-refractivity contribution >= 4 is 17.7 Å². The molecule has 1 amide bonds. The molecular formula is C7H10N2OS. The van der Waals surface area contributed by atoms with Gasteiger partial charge in [0, 0.05) is 18.3 Å². The number of amides is 1. The van der Waals surface area contributed by atoms with Crippen molar-refractivity contribution in [1.29, 1.82) is 0 Å². The number of aromatic nitrogens is 1. The Morgan fingerprint density at radius 1 is 1.82 bits per heavy atom. The summed E-state index contributed by atoms with van der Waals surface area (Å²) in [6.07, 6.45) is 1.53. The van der Waals surface area contributed by atoms with Gasteiger partial charge in [0.1, 0.15) is 0 Å². The summed E-state index contributed by atoms with van der Waals surface area (Å²) in [7, 11) is 0. The number of carbonyl (C=O) groups excluding carboxylic acids is 1. The van der Waals surface area contributed by atoms with Gasteiger partial charge in [-0.25, -0.2) is 4.98 Å². The summed E-state index contributed by atoms with van der Waals surface area (Å²) in [5, 5.41) is 5.68. The van der Waals surface area contributed by atoms with Gasteiger partial charge in [0.25, 0.3) is 0 Å². The van der Waals surface area contributed by atoms with Crippen LogP contribution in [0.4, 0.5) is 0 Å². The number of hydrogen-bond acceptors (Lipinski definition) is 3. The summed E-state index contributed by atoms with van der Waals surface area (Å²) in [6.45, 7) is 2.65. The molecule has 0 unspecified atom stereocenters. The fourth-order valence-electron chi connectivity index (χ4n) is 0.782. The molecule has 0 aliphatic carbocycles. The van der Waals surface area contributed by atoms with E-state index in [1.807, 2.05) is 12.3 Å². The fourth-order valence-corrected chi connectivity index (χ4v) is 1.43. The number of aryl methyl sites for hydroxylation is 1. The van der Waals surface area contributed by atoms with E-state index in [2.05, 4.69) is 10.3 Å². The summed E-state index contributed by atoms with van der Waals surface area (Å²) in [6, 6.07) is 0. The van der Waals surface area contributed by atoms with E-state index < -0.39 is 0 Å². The molecule has 0 aliphatic heterocycles. The van der Waals surface area contributed by atoms with Gasteiger partial charge < -0.3 is 5.32 Å². The Bertz CT molecular complexity index is 234. The molecule has 0 aromatic carbocycles. The highest BCUT2D eigenvalue weighted by Crippen LogP contribution is 2.07. The van der Waals surface area contributed by atoms with Crippen molar-refractivity contribution in [2.45, 2.75) is 13.3 Å². The van der Waals surface area contributed by atoms with Crippen molar-refractivity contribution < 1.29 is 4.79 Å². The van der Waals surface area contributed by atoms with Crippen LogP contribution in [-0.2, 0) is 11.2 Å². The van der Waals surface area contributed by atoms with E-state index in [0.717, 1.165) is 17.1 Å². The molecule has 1 heterocycles. The number of hydrogen-bond donors (Lipinski definition) is 1. The van der Waals surface area contributed by atoms with E-state index in [9.17, 15) is 4.79 Å². The zero-order valence-electron chi connectivity index (χ0n) is 6.33. The molecule has 1 N–H and O–H groups in total. The fraction of sp³-hybridized carbons (Fsp3) is 0.429. The van der Waals surface area contributed by atoms with Crippen LogP contribution in [0.25, 0.3) is 0 Å². The van der Waals surface area contributed by atoms with Crippen LogP contribution in [0.5, 0.6) is 0 Å². The highest BCUT2D eigenvalue weighted by Gasteiger charge is 1.95. The lowest BCUT2D eigenvalue weighted by atomic mass is 10.3. The first-order valence-corrected chi connectivity index (χ1v) is 4.29. The normalized spacial score (nSPS) is 9.55. The first-order chi connectivity index (χ1) is 5.33. The van der Waals surface area contributed by atoms with Crippen LogP contribution in [0.1, 0.15) is 10.7 Å². The van der Waals surface area contributed by atoms with Crippen molar-refractivity contribution in [2.75, 3.05) is 6.54 Å². The van der Waals surface area contributed by atoms with Gasteiger partial charge in [0.05, 0.1) is 10.7 Å². The van der Waals surface area contributed by atoms with E-state index in [0.29, 0.717) is 13.0 Å². The Labute approximate surface area is 69.5 Å². The topological polar surface area (TPSA) is 42.0 Å². The molecule has 4 heteroatoms. The van der Waals surface area contributed by atoms with Gasteiger partial charge in [-0.3, -0.25) is 4.79 Å². The Kier molecular flexibility index (Phi) is 3.04. The number of thiazole rings is 1. The largest absolute Gasteiger partial charge is 0.358 e. The second-order valence-electron chi connectivity index (χ2n) is 2.18. The van der Waals surface area contributed by atoms with Crippen LogP contribution in [0.15, 0.2) is 5.38 Å². The van der Waals surface area contributed by atoms with Gasteiger partial charge in [-0.05, 0) is 6.92 Å². The highest BCUT2D eigenvalue weighted by atomic mass is 32.1. The molecule has 0 bridgehead atoms. The average molecular weight is 170 g/mol. The number of carbonyl (C=O) groups is 1. The van der Waals surface area contributed by atoms with Crippen molar-refractivity contribution in [3.8, 4) is 0 Å². The number of nitrogens with one attached hydrogen (secondary N) is 1. The predicted molar refractivity (Wildman–Crippen MR) is 44.6 cm³/mol. The lowest BCUT2D eigenvalue weighted by Gasteiger charge is -1.93. The zero-order valence-corrected chi connectivity index (χ0v) is 7.15. The third-order valence-corrected chi connectivity index (χ3v) is 2.10. The van der Waals surface area contributed by atoms with Gasteiger partial charge in [-0.15, -0.1) is 11.3 Å². The molecule has 0 atom stereocenters. The maximum absolute atomic E-state index is 9.87. The average Bonchev–Trinajstić information content (AvgIpc) is 2.37. The monoisotopic (exact) mass is 170 g/mol. The van der Waals surface area contributed by atoms with E-state index in [1.54, 1.807) is 11.3 Å². The van der Waals surface area contributed by atoms with Crippen molar-refractivity contribution in [3.05, 3.63) is 16.1 Å². The van der Waals surface area contributed by atoms with Crippen LogP contribution in [-0.4, -0.2) is 17.9 Å². The molecule has 0 spiro atoms. The van der Waals surface area contributed by atoms with E-state index in [-0.39, 0.29) is 0 Å². The molecule has 0 saturated heterocycles. The van der Waals surface area contributed by atoms with Gasteiger partial charge in [-0.1, -0.05) is 0 Å². The number of nitrogens with zero attached hydrogens (tertiary/aromatic N) is 1. The van der Waals surface area contributed by atoms with Crippen LogP contribution in [0.3, 0.4) is 0 Å². The first kappa shape index (κ1) is 8.20. The second-order valence-corrected chi connectivity index (χ2v) is 3.24. The van der Waals surface area contributed by atoms with Crippen molar-refractivity contribution in [2.24, 2.45) is 0 Å². The zero-order chi connectivity index (χ0) is 8.10. The van der Waals surface area contributed by atoms with Crippen LogP contribution in [0, 0.1) is 6.92 Å². The number of rotatable bonds is 4. The van der Waals surface area contributed by atoms with Crippen molar-refractivity contribution in [1.82, 2.24) is 10.3 Å². The molecule has 0 radical (unpaired) electrons. The summed E-state index contributed by atoms with van der Waals surface area (Å²) in [4.78, 5) is 14.1. The standard InChI is InChI=1S/C7H10N2OS/c1-6-9-7(4-11-6)2-3-8-5-10/h4-5H,2-3H2,1H3,(H,8,10). The quantitative estimate of drug-likeness (QED) is 0.535. The smallest absolute Gasteiger partial charge is 0.207 e. The Balaban J connectivity index is 2.32. The molecule has 1 rings (SSSR count). The lowest BCUT2D eigenvalue weighted by Crippen LogP contribution is -2.14. The molecule has 11 heavy (non-hydrogen) atoms. The Morgan fingerprint density at radius 2 is 2.64 bits per heavy atom. The van der Waals surface area contributed by atoms with Gasteiger partial charge in [-0.2, -0.15) is 0 Å². The SMILES string of the molecule is Cc1nc(CCNC=O)cs1. The molecular weight excluding hydrogens is 160 g/mol. The summed E-state index contributed by atoms with van der Waals surface area (Å²) >= 11 is 1.64. The van der Waals surface area contributed by atoms with Crippen molar-refractivity contribution in [3.63, 3.8) is 0 Å². The highest BCUT2D eigenvalue weighted by molar-refractivity contribution is 7.09. The minimum Gasteiger partial charge on any atom is -0.358 e. The summed E-state index contributed by atoms with van der Waals surface area (Å²) in [5.74, 6) is 0. The van der Waals surface area contributed by atoms with Crippen LogP contribution in [0.2, 0.25) is 0 Å². The predicted octanol–water partition coefficient (Wildman–Crippen LogP) is 0.740. The maximum atomic E-state index is 9.87.